The number of carbonyl (C=O) groups is 2. The van der Waals surface area contributed by atoms with Crippen LogP contribution in [0.1, 0.15) is 64.9 Å². The van der Waals surface area contributed by atoms with E-state index in [1.165, 1.54) is 0 Å². The Labute approximate surface area is 203 Å². The van der Waals surface area contributed by atoms with Gasteiger partial charge in [0.2, 0.25) is 0 Å². The van der Waals surface area contributed by atoms with Crippen LogP contribution in [0.5, 0.6) is 5.75 Å². The van der Waals surface area contributed by atoms with E-state index < -0.39 is 0 Å². The number of carbonyl (C=O) groups excluding carboxylic acids is 2. The zero-order valence-corrected chi connectivity index (χ0v) is 20.9. The first-order valence-electron chi connectivity index (χ1n) is 12.4. The topological polar surface area (TPSA) is 46.6 Å². The Morgan fingerprint density at radius 2 is 1.53 bits per heavy atom. The molecular formula is C30H35NO3. The molecule has 1 fully saturated rings. The quantitative estimate of drug-likeness (QED) is 0.541. The molecule has 34 heavy (non-hydrogen) atoms. The van der Waals surface area contributed by atoms with Crippen LogP contribution in [0.25, 0.3) is 0 Å². The van der Waals surface area contributed by atoms with Crippen LogP contribution in [-0.2, 0) is 9.59 Å². The van der Waals surface area contributed by atoms with E-state index in [2.05, 4.69) is 44.7 Å². The van der Waals surface area contributed by atoms with Crippen LogP contribution >= 0.6 is 0 Å². The summed E-state index contributed by atoms with van der Waals surface area (Å²) >= 11 is 0. The van der Waals surface area contributed by atoms with Crippen molar-refractivity contribution in [2.75, 3.05) is 12.0 Å². The molecular weight excluding hydrogens is 422 g/mol. The molecule has 2 aromatic carbocycles. The molecule has 0 amide bonds. The monoisotopic (exact) mass is 457 g/mol. The Bertz CT molecular complexity index is 1160. The molecule has 0 spiro atoms. The van der Waals surface area contributed by atoms with E-state index in [9.17, 15) is 9.59 Å². The van der Waals surface area contributed by atoms with Crippen molar-refractivity contribution in [1.82, 2.24) is 0 Å². The molecule has 0 bridgehead atoms. The van der Waals surface area contributed by atoms with Crippen molar-refractivity contribution in [3.05, 3.63) is 71.4 Å². The van der Waals surface area contributed by atoms with E-state index in [0.29, 0.717) is 12.8 Å². The van der Waals surface area contributed by atoms with Crippen LogP contribution < -0.4 is 9.64 Å². The standard InChI is InChI=1S/C30H35NO3/c1-29(2)15-21-27(23(32)17-29)26(20-13-9-10-14-25(20)34-5)28-22(16-30(3,4)18-24(28)33)31(21)19-11-7-6-8-12-19/h6-14,21,26-27H,15-18H2,1-5H3/t21-,26+,27-/m0/s1. The molecule has 1 saturated carbocycles. The molecule has 3 atom stereocenters. The molecule has 0 radical (unpaired) electrons. The molecule has 0 unspecified atom stereocenters. The molecule has 0 N–H and O–H groups in total. The maximum Gasteiger partial charge on any atom is 0.161 e. The summed E-state index contributed by atoms with van der Waals surface area (Å²) in [6.45, 7) is 8.75. The van der Waals surface area contributed by atoms with Gasteiger partial charge in [0.15, 0.2) is 5.78 Å². The minimum atomic E-state index is -0.284. The number of allylic oxidation sites excluding steroid dienone is 2. The molecule has 1 heterocycles. The number of nitrogens with zero attached hydrogens (tertiary/aromatic N) is 1. The highest BCUT2D eigenvalue weighted by atomic mass is 16.5. The lowest BCUT2D eigenvalue weighted by atomic mass is 9.58. The predicted molar refractivity (Wildman–Crippen MR) is 135 cm³/mol. The summed E-state index contributed by atoms with van der Waals surface area (Å²) in [7, 11) is 1.67. The van der Waals surface area contributed by atoms with E-state index in [1.807, 2.05) is 42.5 Å². The van der Waals surface area contributed by atoms with Crippen LogP contribution in [-0.4, -0.2) is 24.7 Å². The molecule has 3 aliphatic rings. The highest BCUT2D eigenvalue weighted by molar-refractivity contribution is 6.02. The Kier molecular flexibility index (Phi) is 5.46. The van der Waals surface area contributed by atoms with Crippen molar-refractivity contribution in [3.8, 4) is 5.75 Å². The number of hydrogen-bond donors (Lipinski definition) is 0. The lowest BCUT2D eigenvalue weighted by Crippen LogP contribution is -2.57. The summed E-state index contributed by atoms with van der Waals surface area (Å²) < 4.78 is 5.76. The van der Waals surface area contributed by atoms with Crippen molar-refractivity contribution < 1.29 is 14.3 Å². The van der Waals surface area contributed by atoms with Crippen molar-refractivity contribution >= 4 is 17.3 Å². The number of ether oxygens (including phenoxy) is 1. The fourth-order valence-electron chi connectivity index (χ4n) is 6.69. The summed E-state index contributed by atoms with van der Waals surface area (Å²) in [6, 6.07) is 18.3. The first kappa shape index (κ1) is 22.9. The second-order valence-electron chi connectivity index (χ2n) is 11.8. The molecule has 1 aliphatic heterocycles. The van der Waals surface area contributed by atoms with Gasteiger partial charge in [0, 0.05) is 53.2 Å². The smallest absolute Gasteiger partial charge is 0.161 e. The van der Waals surface area contributed by atoms with E-state index in [0.717, 1.165) is 41.1 Å². The van der Waals surface area contributed by atoms with Gasteiger partial charge in [-0.05, 0) is 41.9 Å². The third-order valence-electron chi connectivity index (χ3n) is 7.90. The maximum absolute atomic E-state index is 13.9. The molecule has 5 rings (SSSR count). The zero-order chi connectivity index (χ0) is 24.3. The third kappa shape index (κ3) is 3.77. The van der Waals surface area contributed by atoms with E-state index in [1.54, 1.807) is 7.11 Å². The van der Waals surface area contributed by atoms with E-state index >= 15 is 0 Å². The fraction of sp³-hybridized carbons (Fsp3) is 0.467. The second-order valence-corrected chi connectivity index (χ2v) is 11.8. The Balaban J connectivity index is 1.82. The number of anilines is 1. The van der Waals surface area contributed by atoms with Gasteiger partial charge in [-0.15, -0.1) is 0 Å². The fourth-order valence-corrected chi connectivity index (χ4v) is 6.69. The maximum atomic E-state index is 13.9. The second kappa shape index (κ2) is 8.11. The summed E-state index contributed by atoms with van der Waals surface area (Å²) in [6.07, 6.45) is 2.74. The molecule has 4 nitrogen and oxygen atoms in total. The van der Waals surface area contributed by atoms with Gasteiger partial charge < -0.3 is 9.64 Å². The van der Waals surface area contributed by atoms with Crippen LogP contribution in [0.3, 0.4) is 0 Å². The highest BCUT2D eigenvalue weighted by Crippen LogP contribution is 2.57. The summed E-state index contributed by atoms with van der Waals surface area (Å²) in [5.74, 6) is 0.611. The molecule has 2 aliphatic carbocycles. The predicted octanol–water partition coefficient (Wildman–Crippen LogP) is 6.32. The van der Waals surface area contributed by atoms with Gasteiger partial charge in [-0.1, -0.05) is 64.1 Å². The number of fused-ring (bicyclic) bond motifs is 1. The summed E-state index contributed by atoms with van der Waals surface area (Å²) in [5.41, 5.74) is 3.72. The van der Waals surface area contributed by atoms with Crippen LogP contribution in [0.2, 0.25) is 0 Å². The van der Waals surface area contributed by atoms with Gasteiger partial charge in [-0.2, -0.15) is 0 Å². The molecule has 2 aromatic rings. The van der Waals surface area contributed by atoms with Gasteiger partial charge in [-0.3, -0.25) is 9.59 Å². The van der Waals surface area contributed by atoms with E-state index in [-0.39, 0.29) is 40.3 Å². The molecule has 4 heteroatoms. The minimum absolute atomic E-state index is 0.00554. The number of hydrogen-bond acceptors (Lipinski definition) is 4. The molecule has 178 valence electrons. The Morgan fingerprint density at radius 1 is 0.853 bits per heavy atom. The Morgan fingerprint density at radius 3 is 2.24 bits per heavy atom. The van der Waals surface area contributed by atoms with Crippen molar-refractivity contribution in [1.29, 1.82) is 0 Å². The van der Waals surface area contributed by atoms with E-state index in [4.69, 9.17) is 4.74 Å². The lowest BCUT2D eigenvalue weighted by Gasteiger charge is -2.55. The lowest BCUT2D eigenvalue weighted by molar-refractivity contribution is -0.130. The number of rotatable bonds is 3. The number of Topliss-reactive ketones (excluding diaryl/α,β-unsaturated/α-hetero) is 2. The first-order valence-corrected chi connectivity index (χ1v) is 12.4. The van der Waals surface area contributed by atoms with Crippen LogP contribution in [0, 0.1) is 16.7 Å². The third-order valence-corrected chi connectivity index (χ3v) is 7.90. The molecule has 0 saturated heterocycles. The van der Waals surface area contributed by atoms with Crippen LogP contribution in [0.4, 0.5) is 5.69 Å². The van der Waals surface area contributed by atoms with Gasteiger partial charge in [-0.25, -0.2) is 0 Å². The number of para-hydroxylation sites is 2. The van der Waals surface area contributed by atoms with Crippen LogP contribution in [0.15, 0.2) is 65.9 Å². The zero-order valence-electron chi connectivity index (χ0n) is 20.9. The first-order chi connectivity index (χ1) is 16.1. The summed E-state index contributed by atoms with van der Waals surface area (Å²) in [5, 5.41) is 0. The van der Waals surface area contributed by atoms with Gasteiger partial charge in [0.05, 0.1) is 7.11 Å². The van der Waals surface area contributed by atoms with Gasteiger partial charge >= 0.3 is 0 Å². The van der Waals surface area contributed by atoms with Crippen molar-refractivity contribution in [2.24, 2.45) is 16.7 Å². The minimum Gasteiger partial charge on any atom is -0.496 e. The largest absolute Gasteiger partial charge is 0.496 e. The number of methoxy groups -OCH3 is 1. The van der Waals surface area contributed by atoms with Gasteiger partial charge in [0.25, 0.3) is 0 Å². The molecule has 0 aromatic heterocycles. The van der Waals surface area contributed by atoms with Crippen molar-refractivity contribution in [3.63, 3.8) is 0 Å². The van der Waals surface area contributed by atoms with Gasteiger partial charge in [0.1, 0.15) is 11.5 Å². The number of ketones is 2. The summed E-state index contributed by atoms with van der Waals surface area (Å²) in [4.78, 5) is 30.2. The Hall–Kier alpha value is -2.88. The normalized spacial score (nSPS) is 27.8. The average Bonchev–Trinajstić information content (AvgIpc) is 2.76. The van der Waals surface area contributed by atoms with Crippen molar-refractivity contribution in [2.45, 2.75) is 65.3 Å². The average molecular weight is 458 g/mol. The SMILES string of the molecule is COc1ccccc1[C@H]1C2=C(CC(C)(C)CC2=O)N(c2ccccc2)[C@H]2CC(C)(C)CC(=O)[C@@H]12. The number of benzene rings is 2. The highest BCUT2D eigenvalue weighted by Gasteiger charge is 2.55.